The zero-order valence-electron chi connectivity index (χ0n) is 15.3. The maximum absolute atomic E-state index is 12.3. The van der Waals surface area contributed by atoms with E-state index in [4.69, 9.17) is 4.74 Å². The number of carbonyl (C=O) groups excluding carboxylic acids is 2. The minimum absolute atomic E-state index is 0.0619. The molecule has 1 saturated carbocycles. The number of rotatable bonds is 6. The van der Waals surface area contributed by atoms with Gasteiger partial charge in [0.1, 0.15) is 5.75 Å². The molecule has 0 saturated heterocycles. The van der Waals surface area contributed by atoms with Crippen LogP contribution in [0.1, 0.15) is 42.5 Å². The number of amides is 2. The van der Waals surface area contributed by atoms with Gasteiger partial charge in [-0.25, -0.2) is 0 Å². The predicted molar refractivity (Wildman–Crippen MR) is 117 cm³/mol. The van der Waals surface area contributed by atoms with Gasteiger partial charge >= 0.3 is 0 Å². The van der Waals surface area contributed by atoms with Crippen LogP contribution in [0.5, 0.6) is 5.75 Å². The molecule has 7 heteroatoms. The number of halogens is 2. The van der Waals surface area contributed by atoms with Crippen molar-refractivity contribution >= 4 is 49.4 Å². The Morgan fingerprint density at radius 2 is 1.71 bits per heavy atom. The van der Waals surface area contributed by atoms with Crippen molar-refractivity contribution in [2.45, 2.75) is 38.1 Å². The third-order valence-electron chi connectivity index (χ3n) is 4.62. The molecule has 2 aromatic rings. The van der Waals surface area contributed by atoms with E-state index in [1.807, 2.05) is 12.1 Å². The Morgan fingerprint density at radius 1 is 1.00 bits per heavy atom. The molecule has 0 aromatic heterocycles. The Hall–Kier alpha value is -1.86. The Kier molecular flexibility index (Phi) is 7.50. The van der Waals surface area contributed by atoms with Gasteiger partial charge in [-0.2, -0.15) is 0 Å². The van der Waals surface area contributed by atoms with Crippen LogP contribution in [0.15, 0.2) is 51.4 Å². The first-order valence-corrected chi connectivity index (χ1v) is 10.9. The highest BCUT2D eigenvalue weighted by atomic mass is 79.9. The van der Waals surface area contributed by atoms with Crippen molar-refractivity contribution in [1.82, 2.24) is 5.32 Å². The Morgan fingerprint density at radius 3 is 2.39 bits per heavy atom. The lowest BCUT2D eigenvalue weighted by Gasteiger charge is -2.22. The Bertz CT molecular complexity index is 834. The third kappa shape index (κ3) is 6.07. The molecule has 1 aliphatic carbocycles. The van der Waals surface area contributed by atoms with Gasteiger partial charge in [0.2, 0.25) is 0 Å². The summed E-state index contributed by atoms with van der Waals surface area (Å²) in [4.78, 5) is 24.4. The molecule has 0 heterocycles. The molecular formula is C21H22Br2N2O3. The first-order valence-electron chi connectivity index (χ1n) is 9.30. The molecule has 5 nitrogen and oxygen atoms in total. The molecule has 28 heavy (non-hydrogen) atoms. The summed E-state index contributed by atoms with van der Waals surface area (Å²) in [5.41, 5.74) is 1.22. The summed E-state index contributed by atoms with van der Waals surface area (Å²) in [7, 11) is 0. The number of nitrogens with one attached hydrogen (secondary N) is 2. The SMILES string of the molecule is O=C(COc1ccc(Br)cc1Br)Nc1ccc(C(=O)NC2CCCCC2)cc1. The predicted octanol–water partition coefficient (Wildman–Crippen LogP) is 5.29. The maximum Gasteiger partial charge on any atom is 0.262 e. The third-order valence-corrected chi connectivity index (χ3v) is 5.74. The summed E-state index contributed by atoms with van der Waals surface area (Å²) in [6, 6.07) is 12.6. The summed E-state index contributed by atoms with van der Waals surface area (Å²) in [5.74, 6) is 0.260. The van der Waals surface area contributed by atoms with Gasteiger partial charge in [0.15, 0.2) is 6.61 Å². The Balaban J connectivity index is 1.49. The van der Waals surface area contributed by atoms with Crippen molar-refractivity contribution < 1.29 is 14.3 Å². The molecule has 2 amide bonds. The summed E-state index contributed by atoms with van der Waals surface area (Å²) in [5, 5.41) is 5.86. The molecule has 148 valence electrons. The maximum atomic E-state index is 12.3. The van der Waals surface area contributed by atoms with Crippen molar-refractivity contribution in [1.29, 1.82) is 0 Å². The van der Waals surface area contributed by atoms with Gasteiger partial charge in [-0.05, 0) is 71.2 Å². The van der Waals surface area contributed by atoms with Crippen LogP contribution >= 0.6 is 31.9 Å². The number of carbonyl (C=O) groups is 2. The van der Waals surface area contributed by atoms with Crippen LogP contribution in [-0.4, -0.2) is 24.5 Å². The van der Waals surface area contributed by atoms with Gasteiger partial charge < -0.3 is 15.4 Å². The number of ether oxygens (including phenoxy) is 1. The van der Waals surface area contributed by atoms with Crippen molar-refractivity contribution in [3.63, 3.8) is 0 Å². The van der Waals surface area contributed by atoms with E-state index in [-0.39, 0.29) is 24.5 Å². The van der Waals surface area contributed by atoms with E-state index in [0.29, 0.717) is 17.0 Å². The fraction of sp³-hybridized carbons (Fsp3) is 0.333. The van der Waals surface area contributed by atoms with Gasteiger partial charge in [-0.1, -0.05) is 35.2 Å². The highest BCUT2D eigenvalue weighted by molar-refractivity contribution is 9.11. The molecule has 2 aromatic carbocycles. The average Bonchev–Trinajstić information content (AvgIpc) is 2.68. The second-order valence-corrected chi connectivity index (χ2v) is 8.57. The zero-order chi connectivity index (χ0) is 19.9. The molecule has 3 rings (SSSR count). The topological polar surface area (TPSA) is 67.4 Å². The van der Waals surface area contributed by atoms with Gasteiger partial charge in [0.25, 0.3) is 11.8 Å². The van der Waals surface area contributed by atoms with Crippen LogP contribution in [-0.2, 0) is 4.79 Å². The molecule has 1 aliphatic rings. The highest BCUT2D eigenvalue weighted by Gasteiger charge is 2.16. The first kappa shape index (κ1) is 20.9. The standard InChI is InChI=1S/C21H22Br2N2O3/c22-15-8-11-19(18(23)12-15)28-13-20(26)24-17-9-6-14(7-10-17)21(27)25-16-4-2-1-3-5-16/h6-12,16H,1-5,13H2,(H,24,26)(H,25,27). The molecule has 0 spiro atoms. The lowest BCUT2D eigenvalue weighted by Crippen LogP contribution is -2.36. The van der Waals surface area contributed by atoms with E-state index in [1.54, 1.807) is 30.3 Å². The Labute approximate surface area is 181 Å². The average molecular weight is 510 g/mol. The lowest BCUT2D eigenvalue weighted by atomic mass is 9.95. The van der Waals surface area contributed by atoms with E-state index in [2.05, 4.69) is 42.5 Å². The number of hydrogen-bond acceptors (Lipinski definition) is 3. The minimum Gasteiger partial charge on any atom is -0.483 e. The van der Waals surface area contributed by atoms with Gasteiger partial charge in [-0.3, -0.25) is 9.59 Å². The molecule has 0 bridgehead atoms. The summed E-state index contributed by atoms with van der Waals surface area (Å²) in [6.07, 6.45) is 5.70. The summed E-state index contributed by atoms with van der Waals surface area (Å²) in [6.45, 7) is -0.107. The minimum atomic E-state index is -0.269. The molecule has 1 fully saturated rings. The zero-order valence-corrected chi connectivity index (χ0v) is 18.5. The molecule has 0 atom stereocenters. The number of hydrogen-bond donors (Lipinski definition) is 2. The van der Waals surface area contributed by atoms with Crippen LogP contribution in [0, 0.1) is 0 Å². The van der Waals surface area contributed by atoms with Crippen LogP contribution in [0.25, 0.3) is 0 Å². The monoisotopic (exact) mass is 508 g/mol. The first-order chi connectivity index (χ1) is 13.5. The van der Waals surface area contributed by atoms with Crippen molar-refractivity contribution in [3.8, 4) is 5.75 Å². The van der Waals surface area contributed by atoms with E-state index >= 15 is 0 Å². The second kappa shape index (κ2) is 10.1. The molecular weight excluding hydrogens is 488 g/mol. The van der Waals surface area contributed by atoms with E-state index in [0.717, 1.165) is 21.8 Å². The normalized spacial score (nSPS) is 14.4. The van der Waals surface area contributed by atoms with Crippen LogP contribution in [0.3, 0.4) is 0 Å². The largest absolute Gasteiger partial charge is 0.483 e. The fourth-order valence-corrected chi connectivity index (χ4v) is 4.31. The fourth-order valence-electron chi connectivity index (χ4n) is 3.15. The van der Waals surface area contributed by atoms with E-state index in [1.165, 1.54) is 19.3 Å². The van der Waals surface area contributed by atoms with Gasteiger partial charge in [0, 0.05) is 21.8 Å². The number of benzene rings is 2. The van der Waals surface area contributed by atoms with Crippen molar-refractivity contribution in [2.24, 2.45) is 0 Å². The van der Waals surface area contributed by atoms with Crippen LogP contribution in [0.2, 0.25) is 0 Å². The van der Waals surface area contributed by atoms with Crippen molar-refractivity contribution in [3.05, 3.63) is 57.0 Å². The highest BCUT2D eigenvalue weighted by Crippen LogP contribution is 2.28. The van der Waals surface area contributed by atoms with Gasteiger partial charge in [-0.15, -0.1) is 0 Å². The van der Waals surface area contributed by atoms with E-state index in [9.17, 15) is 9.59 Å². The lowest BCUT2D eigenvalue weighted by molar-refractivity contribution is -0.118. The second-order valence-electron chi connectivity index (χ2n) is 6.80. The molecule has 2 N–H and O–H groups in total. The smallest absolute Gasteiger partial charge is 0.262 e. The summed E-state index contributed by atoms with van der Waals surface area (Å²) >= 11 is 6.77. The summed E-state index contributed by atoms with van der Waals surface area (Å²) < 4.78 is 7.22. The molecule has 0 unspecified atom stereocenters. The quantitative estimate of drug-likeness (QED) is 0.555. The van der Waals surface area contributed by atoms with Gasteiger partial charge in [0.05, 0.1) is 4.47 Å². The van der Waals surface area contributed by atoms with E-state index < -0.39 is 0 Å². The van der Waals surface area contributed by atoms with Crippen LogP contribution < -0.4 is 15.4 Å². The van der Waals surface area contributed by atoms with Crippen molar-refractivity contribution in [2.75, 3.05) is 11.9 Å². The molecule has 0 aliphatic heterocycles. The van der Waals surface area contributed by atoms with Crippen LogP contribution in [0.4, 0.5) is 5.69 Å². The molecule has 0 radical (unpaired) electrons. The number of anilines is 1.